The molecule has 24 heavy (non-hydrogen) atoms. The highest BCUT2D eigenvalue weighted by Gasteiger charge is 1.99. The van der Waals surface area contributed by atoms with Crippen molar-refractivity contribution in [1.82, 2.24) is 0 Å². The molecule has 2 aromatic carbocycles. The molecule has 2 aromatic rings. The van der Waals surface area contributed by atoms with Crippen LogP contribution in [-0.2, 0) is 15.9 Å². The number of rotatable bonds is 11. The van der Waals surface area contributed by atoms with E-state index in [1.807, 2.05) is 19.1 Å². The van der Waals surface area contributed by atoms with Crippen molar-refractivity contribution in [2.75, 3.05) is 26.4 Å². The van der Waals surface area contributed by atoms with Gasteiger partial charge in [0.25, 0.3) is 0 Å². The number of aryl methyl sites for hydroxylation is 1. The molecule has 2 rings (SSSR count). The summed E-state index contributed by atoms with van der Waals surface area (Å²) in [6, 6.07) is 16.0. The van der Waals surface area contributed by atoms with Crippen molar-refractivity contribution in [1.29, 1.82) is 0 Å². The Bertz CT molecular complexity index is 561. The van der Waals surface area contributed by atoms with Crippen molar-refractivity contribution in [2.45, 2.75) is 32.6 Å². The molecule has 0 atom stereocenters. The van der Waals surface area contributed by atoms with Crippen molar-refractivity contribution < 1.29 is 14.6 Å². The lowest BCUT2D eigenvalue weighted by molar-refractivity contribution is 0.0513. The summed E-state index contributed by atoms with van der Waals surface area (Å²) < 4.78 is 10.7. The molecule has 0 fully saturated rings. The van der Waals surface area contributed by atoms with Crippen LogP contribution in [0.1, 0.15) is 31.7 Å². The number of benzene rings is 2. The Morgan fingerprint density at radius 1 is 0.708 bits per heavy atom. The molecule has 130 valence electrons. The summed E-state index contributed by atoms with van der Waals surface area (Å²) >= 11 is 0. The predicted octanol–water partition coefficient (Wildman–Crippen LogP) is 4.83. The van der Waals surface area contributed by atoms with Crippen molar-refractivity contribution in [3.8, 4) is 16.9 Å². The number of unbranched alkanes of at least 4 members (excludes halogenated alkanes) is 2. The summed E-state index contributed by atoms with van der Waals surface area (Å²) in [6.45, 7) is 4.98. The van der Waals surface area contributed by atoms with Crippen LogP contribution in [0.2, 0.25) is 0 Å². The minimum Gasteiger partial charge on any atom is -0.508 e. The van der Waals surface area contributed by atoms with Crippen molar-refractivity contribution in [2.24, 2.45) is 0 Å². The summed E-state index contributed by atoms with van der Waals surface area (Å²) in [7, 11) is 0. The van der Waals surface area contributed by atoms with Crippen molar-refractivity contribution in [3.05, 3.63) is 54.1 Å². The minimum atomic E-state index is 0.303. The second-order valence-electron chi connectivity index (χ2n) is 5.86. The zero-order chi connectivity index (χ0) is 17.0. The van der Waals surface area contributed by atoms with Gasteiger partial charge in [0.15, 0.2) is 0 Å². The van der Waals surface area contributed by atoms with Crippen LogP contribution in [0.15, 0.2) is 48.5 Å². The highest BCUT2D eigenvalue weighted by atomic mass is 16.5. The first kappa shape index (κ1) is 18.5. The van der Waals surface area contributed by atoms with E-state index in [0.717, 1.165) is 31.6 Å². The highest BCUT2D eigenvalue weighted by molar-refractivity contribution is 5.64. The van der Waals surface area contributed by atoms with Gasteiger partial charge in [-0.05, 0) is 55.0 Å². The lowest BCUT2D eigenvalue weighted by Gasteiger charge is -2.06. The molecule has 0 radical (unpaired) electrons. The average Bonchev–Trinajstić information content (AvgIpc) is 2.62. The number of hydrogen-bond donors (Lipinski definition) is 1. The maximum atomic E-state index is 9.35. The van der Waals surface area contributed by atoms with Crippen LogP contribution in [-0.4, -0.2) is 31.5 Å². The van der Waals surface area contributed by atoms with E-state index in [1.165, 1.54) is 24.0 Å². The summed E-state index contributed by atoms with van der Waals surface area (Å²) in [5.41, 5.74) is 3.68. The first-order valence-electron chi connectivity index (χ1n) is 8.83. The molecule has 0 saturated carbocycles. The topological polar surface area (TPSA) is 38.7 Å². The van der Waals surface area contributed by atoms with E-state index < -0.39 is 0 Å². The van der Waals surface area contributed by atoms with Crippen LogP contribution >= 0.6 is 0 Å². The average molecular weight is 328 g/mol. The van der Waals surface area contributed by atoms with E-state index in [4.69, 9.17) is 9.47 Å². The van der Waals surface area contributed by atoms with Gasteiger partial charge in [0.2, 0.25) is 0 Å². The fourth-order valence-electron chi connectivity index (χ4n) is 2.59. The van der Waals surface area contributed by atoms with Crippen LogP contribution in [0, 0.1) is 0 Å². The van der Waals surface area contributed by atoms with E-state index in [9.17, 15) is 5.11 Å². The smallest absolute Gasteiger partial charge is 0.115 e. The van der Waals surface area contributed by atoms with Gasteiger partial charge < -0.3 is 14.6 Å². The maximum absolute atomic E-state index is 9.35. The van der Waals surface area contributed by atoms with Gasteiger partial charge in [0, 0.05) is 13.2 Å². The van der Waals surface area contributed by atoms with E-state index >= 15 is 0 Å². The lowest BCUT2D eigenvalue weighted by atomic mass is 10.0. The molecule has 1 N–H and O–H groups in total. The van der Waals surface area contributed by atoms with E-state index in [1.54, 1.807) is 12.1 Å². The maximum Gasteiger partial charge on any atom is 0.115 e. The Balaban J connectivity index is 1.63. The molecule has 0 heterocycles. The largest absolute Gasteiger partial charge is 0.508 e. The van der Waals surface area contributed by atoms with E-state index in [0.29, 0.717) is 19.0 Å². The van der Waals surface area contributed by atoms with Gasteiger partial charge in [-0.1, -0.05) is 42.8 Å². The molecule has 0 aliphatic heterocycles. The van der Waals surface area contributed by atoms with Crippen molar-refractivity contribution in [3.63, 3.8) is 0 Å². The summed E-state index contributed by atoms with van der Waals surface area (Å²) in [4.78, 5) is 0. The molecule has 0 amide bonds. The van der Waals surface area contributed by atoms with E-state index in [-0.39, 0.29) is 0 Å². The Morgan fingerprint density at radius 2 is 1.33 bits per heavy atom. The molecule has 0 aromatic heterocycles. The minimum absolute atomic E-state index is 0.303. The second kappa shape index (κ2) is 10.8. The fourth-order valence-corrected chi connectivity index (χ4v) is 2.59. The van der Waals surface area contributed by atoms with Gasteiger partial charge in [0.1, 0.15) is 5.75 Å². The Hall–Kier alpha value is -1.84. The molecule has 0 spiro atoms. The highest BCUT2D eigenvalue weighted by Crippen LogP contribution is 2.22. The first-order valence-corrected chi connectivity index (χ1v) is 8.83. The molecule has 0 aliphatic carbocycles. The number of ether oxygens (including phenoxy) is 2. The van der Waals surface area contributed by atoms with Gasteiger partial charge in [0.05, 0.1) is 13.2 Å². The Labute approximate surface area is 145 Å². The SMILES string of the molecule is CCOCCOCCCCCc1ccc(-c2ccc(O)cc2)cc1. The normalized spacial score (nSPS) is 10.9. The predicted molar refractivity (Wildman–Crippen MR) is 98.4 cm³/mol. The number of hydrogen-bond acceptors (Lipinski definition) is 3. The third-order valence-electron chi connectivity index (χ3n) is 3.98. The van der Waals surface area contributed by atoms with Gasteiger partial charge in [-0.2, -0.15) is 0 Å². The standard InChI is InChI=1S/C21H28O3/c1-2-23-16-17-24-15-5-3-4-6-18-7-9-19(10-8-18)20-11-13-21(22)14-12-20/h7-14,22H,2-6,15-17H2,1H3. The quantitative estimate of drug-likeness (QED) is 0.601. The lowest BCUT2D eigenvalue weighted by Crippen LogP contribution is -2.04. The summed E-state index contributed by atoms with van der Waals surface area (Å²) in [5, 5.41) is 9.35. The molecular weight excluding hydrogens is 300 g/mol. The molecule has 0 bridgehead atoms. The molecule has 0 aliphatic rings. The molecule has 0 unspecified atom stereocenters. The Kier molecular flexibility index (Phi) is 8.36. The van der Waals surface area contributed by atoms with Crippen LogP contribution in [0.3, 0.4) is 0 Å². The Morgan fingerprint density at radius 3 is 2.00 bits per heavy atom. The van der Waals surface area contributed by atoms with Crippen LogP contribution in [0.25, 0.3) is 11.1 Å². The molecule has 3 heteroatoms. The zero-order valence-electron chi connectivity index (χ0n) is 14.5. The molecule has 0 saturated heterocycles. The molecular formula is C21H28O3. The second-order valence-corrected chi connectivity index (χ2v) is 5.86. The summed E-state index contributed by atoms with van der Waals surface area (Å²) in [6.07, 6.45) is 4.59. The first-order chi connectivity index (χ1) is 11.8. The fraction of sp³-hybridized carbons (Fsp3) is 0.429. The number of phenols is 1. The van der Waals surface area contributed by atoms with Gasteiger partial charge in [-0.15, -0.1) is 0 Å². The van der Waals surface area contributed by atoms with Crippen molar-refractivity contribution >= 4 is 0 Å². The third-order valence-corrected chi connectivity index (χ3v) is 3.98. The molecule has 3 nitrogen and oxygen atoms in total. The van der Waals surface area contributed by atoms with Crippen LogP contribution < -0.4 is 0 Å². The third kappa shape index (κ3) is 6.73. The van der Waals surface area contributed by atoms with Crippen LogP contribution in [0.5, 0.6) is 5.75 Å². The zero-order valence-corrected chi connectivity index (χ0v) is 14.5. The van der Waals surface area contributed by atoms with Gasteiger partial charge >= 0.3 is 0 Å². The summed E-state index contributed by atoms with van der Waals surface area (Å²) in [5.74, 6) is 0.303. The number of phenolic OH excluding ortho intramolecular Hbond substituents is 1. The number of aromatic hydroxyl groups is 1. The van der Waals surface area contributed by atoms with Gasteiger partial charge in [-0.3, -0.25) is 0 Å². The van der Waals surface area contributed by atoms with Crippen LogP contribution in [0.4, 0.5) is 0 Å². The van der Waals surface area contributed by atoms with E-state index in [2.05, 4.69) is 24.3 Å². The monoisotopic (exact) mass is 328 g/mol. The van der Waals surface area contributed by atoms with Gasteiger partial charge in [-0.25, -0.2) is 0 Å².